The van der Waals surface area contributed by atoms with Crippen LogP contribution in [0.15, 0.2) is 200 Å². The van der Waals surface area contributed by atoms with Crippen molar-refractivity contribution in [3.63, 3.8) is 0 Å². The minimum Gasteiger partial charge on any atom is -0.316 e. The van der Waals surface area contributed by atoms with Gasteiger partial charge in [-0.05, 0) is 59.7 Å². The van der Waals surface area contributed by atoms with Crippen LogP contribution in [-0.2, 0) is 0 Å². The van der Waals surface area contributed by atoms with Gasteiger partial charge in [0, 0.05) is 55.5 Å². The van der Waals surface area contributed by atoms with Crippen LogP contribution in [0.4, 0.5) is 0 Å². The molecule has 0 unspecified atom stereocenters. The highest BCUT2D eigenvalue weighted by Gasteiger charge is 2.25. The summed E-state index contributed by atoms with van der Waals surface area (Å²) in [6.45, 7) is 0. The van der Waals surface area contributed by atoms with Gasteiger partial charge in [-0.3, -0.25) is 4.57 Å². The highest BCUT2D eigenvalue weighted by atomic mass is 15.2. The minimum atomic E-state index is 0.633. The van der Waals surface area contributed by atoms with Crippen molar-refractivity contribution in [3.05, 3.63) is 200 Å². The number of nitrogens with zero attached hydrogens (tertiary/aromatic N) is 5. The molecule has 0 bridgehead atoms. The molecule has 12 rings (SSSR count). The Morgan fingerprint density at radius 3 is 1.65 bits per heavy atom. The zero-order valence-corrected chi connectivity index (χ0v) is 30.8. The molecule has 0 spiro atoms. The largest absolute Gasteiger partial charge is 0.316 e. The molecule has 4 heterocycles. The maximum absolute atomic E-state index is 5.59. The second kappa shape index (κ2) is 12.4. The molecule has 4 aromatic heterocycles. The molecule has 8 aromatic carbocycles. The first kappa shape index (κ1) is 31.6. The molecule has 0 aliphatic carbocycles. The van der Waals surface area contributed by atoms with Gasteiger partial charge in [-0.1, -0.05) is 146 Å². The molecule has 5 heteroatoms. The average molecular weight is 728 g/mol. The average Bonchev–Trinajstić information content (AvgIpc) is 3.97. The molecule has 0 fully saturated rings. The molecule has 57 heavy (non-hydrogen) atoms. The third kappa shape index (κ3) is 4.76. The lowest BCUT2D eigenvalue weighted by Crippen LogP contribution is -2.05. The van der Waals surface area contributed by atoms with Crippen LogP contribution in [0.1, 0.15) is 0 Å². The first-order valence-corrected chi connectivity index (χ1v) is 19.3. The Balaban J connectivity index is 1.24. The van der Waals surface area contributed by atoms with E-state index in [1.165, 1.54) is 21.9 Å². The maximum Gasteiger partial charge on any atom is 0.235 e. The van der Waals surface area contributed by atoms with E-state index >= 15 is 0 Å². The molecule has 0 radical (unpaired) electrons. The summed E-state index contributed by atoms with van der Waals surface area (Å²) in [5.74, 6) is 0.633. The van der Waals surface area contributed by atoms with Crippen molar-refractivity contribution in [1.82, 2.24) is 23.7 Å². The summed E-state index contributed by atoms with van der Waals surface area (Å²) in [5, 5.41) is 6.83. The number of benzene rings is 8. The number of aromatic nitrogens is 5. The van der Waals surface area contributed by atoms with E-state index in [2.05, 4.69) is 214 Å². The molecule has 0 aliphatic rings. The fourth-order valence-electron chi connectivity index (χ4n) is 8.95. The quantitative estimate of drug-likeness (QED) is 0.177. The number of fused-ring (bicyclic) bond motifs is 10. The second-order valence-corrected chi connectivity index (χ2v) is 14.6. The molecule has 0 saturated carbocycles. The lowest BCUT2D eigenvalue weighted by atomic mass is 10.0. The monoisotopic (exact) mass is 727 g/mol. The van der Waals surface area contributed by atoms with Crippen LogP contribution in [0.3, 0.4) is 0 Å². The SMILES string of the molecule is c1ccc(-c2ccc(-c3nc(-n4c5c(ccc6c5ccn6-c5ccccc5)c5ccc6c7ccccc7n(-c7ccccc7)c6c54)nc4ccccc34)cc2)cc1. The van der Waals surface area contributed by atoms with Crippen molar-refractivity contribution in [3.8, 4) is 39.7 Å². The van der Waals surface area contributed by atoms with Crippen LogP contribution in [-0.4, -0.2) is 23.7 Å². The Morgan fingerprint density at radius 2 is 0.877 bits per heavy atom. The summed E-state index contributed by atoms with van der Waals surface area (Å²) in [4.78, 5) is 11.0. The van der Waals surface area contributed by atoms with Gasteiger partial charge < -0.3 is 9.13 Å². The van der Waals surface area contributed by atoms with Gasteiger partial charge in [0.25, 0.3) is 0 Å². The molecule has 0 N–H and O–H groups in total. The van der Waals surface area contributed by atoms with Gasteiger partial charge in [0.05, 0.1) is 38.8 Å². The van der Waals surface area contributed by atoms with Crippen LogP contribution in [0.25, 0.3) is 105 Å². The predicted octanol–water partition coefficient (Wildman–Crippen LogP) is 13.1. The van der Waals surface area contributed by atoms with E-state index in [9.17, 15) is 0 Å². The lowest BCUT2D eigenvalue weighted by molar-refractivity contribution is 1.02. The minimum absolute atomic E-state index is 0.633. The highest BCUT2D eigenvalue weighted by molar-refractivity contribution is 6.26. The van der Waals surface area contributed by atoms with Gasteiger partial charge in [-0.25, -0.2) is 9.97 Å². The summed E-state index contributed by atoms with van der Waals surface area (Å²) < 4.78 is 7.03. The standard InChI is InChI=1S/C52H33N5/c1-4-14-34(15-5-1)35-24-26-36(27-25-35)48-43-21-10-12-22-45(43)53-52(54-48)57-49-41(30-31-46-44(49)32-33-55(46)37-16-6-2-7-17-37)42-29-28-40-39-20-11-13-23-47(39)56(50(40)51(42)57)38-18-8-3-9-19-38/h1-33H. The van der Waals surface area contributed by atoms with Crippen molar-refractivity contribution < 1.29 is 0 Å². The lowest BCUT2D eigenvalue weighted by Gasteiger charge is -2.14. The molecule has 0 atom stereocenters. The molecular weight excluding hydrogens is 695 g/mol. The van der Waals surface area contributed by atoms with E-state index < -0.39 is 0 Å². The van der Waals surface area contributed by atoms with E-state index in [0.717, 1.165) is 77.3 Å². The molecule has 266 valence electrons. The van der Waals surface area contributed by atoms with Crippen LogP contribution in [0, 0.1) is 0 Å². The van der Waals surface area contributed by atoms with Gasteiger partial charge in [-0.2, -0.15) is 0 Å². The third-order valence-electron chi connectivity index (χ3n) is 11.5. The zero-order valence-electron chi connectivity index (χ0n) is 30.8. The van der Waals surface area contributed by atoms with Crippen LogP contribution < -0.4 is 0 Å². The Hall–Kier alpha value is -7.76. The normalized spacial score (nSPS) is 11.9. The number of para-hydroxylation sites is 4. The van der Waals surface area contributed by atoms with Crippen LogP contribution in [0.2, 0.25) is 0 Å². The summed E-state index contributed by atoms with van der Waals surface area (Å²) in [7, 11) is 0. The summed E-state index contributed by atoms with van der Waals surface area (Å²) in [6.07, 6.45) is 2.18. The highest BCUT2D eigenvalue weighted by Crippen LogP contribution is 2.44. The fourth-order valence-corrected chi connectivity index (χ4v) is 8.95. The summed E-state index contributed by atoms with van der Waals surface area (Å²) in [6, 6.07) is 69.0. The van der Waals surface area contributed by atoms with E-state index in [4.69, 9.17) is 9.97 Å². The number of rotatable bonds is 5. The van der Waals surface area contributed by atoms with E-state index in [0.29, 0.717) is 5.95 Å². The van der Waals surface area contributed by atoms with E-state index in [1.54, 1.807) is 0 Å². The van der Waals surface area contributed by atoms with Gasteiger partial charge in [0.2, 0.25) is 5.95 Å². The summed E-state index contributed by atoms with van der Waals surface area (Å²) >= 11 is 0. The fraction of sp³-hybridized carbons (Fsp3) is 0. The van der Waals surface area contributed by atoms with Gasteiger partial charge >= 0.3 is 0 Å². The summed E-state index contributed by atoms with van der Waals surface area (Å²) in [5.41, 5.74) is 13.0. The molecule has 0 aliphatic heterocycles. The number of hydrogen-bond donors (Lipinski definition) is 0. The topological polar surface area (TPSA) is 40.6 Å². The Labute approximate surface area is 328 Å². The molecule has 0 saturated heterocycles. The predicted molar refractivity (Wildman–Crippen MR) is 236 cm³/mol. The van der Waals surface area contributed by atoms with E-state index in [-0.39, 0.29) is 0 Å². The van der Waals surface area contributed by atoms with Crippen molar-refractivity contribution in [2.45, 2.75) is 0 Å². The van der Waals surface area contributed by atoms with Crippen molar-refractivity contribution in [2.75, 3.05) is 0 Å². The molecular formula is C52H33N5. The zero-order chi connectivity index (χ0) is 37.5. The van der Waals surface area contributed by atoms with Crippen molar-refractivity contribution in [2.24, 2.45) is 0 Å². The first-order valence-electron chi connectivity index (χ1n) is 19.3. The van der Waals surface area contributed by atoms with Crippen molar-refractivity contribution in [1.29, 1.82) is 0 Å². The van der Waals surface area contributed by atoms with Gasteiger partial charge in [0.1, 0.15) is 0 Å². The molecule has 12 aromatic rings. The van der Waals surface area contributed by atoms with Gasteiger partial charge in [0.15, 0.2) is 0 Å². The second-order valence-electron chi connectivity index (χ2n) is 14.6. The van der Waals surface area contributed by atoms with Gasteiger partial charge in [-0.15, -0.1) is 0 Å². The van der Waals surface area contributed by atoms with E-state index in [1.807, 2.05) is 0 Å². The Morgan fingerprint density at radius 1 is 0.316 bits per heavy atom. The molecule has 0 amide bonds. The van der Waals surface area contributed by atoms with Crippen LogP contribution >= 0.6 is 0 Å². The first-order chi connectivity index (χ1) is 28.3. The van der Waals surface area contributed by atoms with Crippen molar-refractivity contribution >= 4 is 65.4 Å². The molecule has 5 nitrogen and oxygen atoms in total. The maximum atomic E-state index is 5.59. The Kier molecular flexibility index (Phi) is 6.86. The number of hydrogen-bond acceptors (Lipinski definition) is 2. The smallest absolute Gasteiger partial charge is 0.235 e. The third-order valence-corrected chi connectivity index (χ3v) is 11.5. The Bertz CT molecular complexity index is 3490. The van der Waals surface area contributed by atoms with Crippen LogP contribution in [0.5, 0.6) is 0 Å².